The number of rotatable bonds is 8. The highest BCUT2D eigenvalue weighted by atomic mass is 32.2. The van der Waals surface area contributed by atoms with Crippen LogP contribution in [-0.4, -0.2) is 78.2 Å². The predicted octanol–water partition coefficient (Wildman–Crippen LogP) is 1.37. The van der Waals surface area contributed by atoms with Gasteiger partial charge in [0.15, 0.2) is 0 Å². The highest BCUT2D eigenvalue weighted by Crippen LogP contribution is 2.21. The Hall–Kier alpha value is -3.93. The number of sulfonamides is 1. The lowest BCUT2D eigenvalue weighted by Crippen LogP contribution is -2.37. The number of nitrogens with one attached hydrogen (secondary N) is 1. The van der Waals surface area contributed by atoms with Gasteiger partial charge in [0.25, 0.3) is 5.91 Å². The average molecular weight is 492 g/mol. The molecule has 0 fully saturated rings. The summed E-state index contributed by atoms with van der Waals surface area (Å²) in [6.07, 6.45) is 0.937. The number of carbonyl (C=O) groups is 4. The van der Waals surface area contributed by atoms with Crippen molar-refractivity contribution in [2.75, 3.05) is 50.7 Å². The van der Waals surface area contributed by atoms with Gasteiger partial charge in [0.05, 0.1) is 37.3 Å². The molecule has 2 rings (SSSR count). The second kappa shape index (κ2) is 10.8. The number of anilines is 2. The number of hydrogen-bond acceptors (Lipinski definition) is 8. The van der Waals surface area contributed by atoms with E-state index in [-0.39, 0.29) is 28.4 Å². The Morgan fingerprint density at radius 1 is 0.853 bits per heavy atom. The van der Waals surface area contributed by atoms with Crippen molar-refractivity contribution in [3.05, 3.63) is 59.2 Å². The summed E-state index contributed by atoms with van der Waals surface area (Å²) in [5.41, 5.74) is 0.561. The van der Waals surface area contributed by atoms with Crippen molar-refractivity contribution in [2.45, 2.75) is 0 Å². The number of amides is 2. The van der Waals surface area contributed by atoms with Gasteiger partial charge in [-0.05, 0) is 42.5 Å². The van der Waals surface area contributed by atoms with Gasteiger partial charge in [-0.2, -0.15) is 0 Å². The van der Waals surface area contributed by atoms with E-state index in [1.54, 1.807) is 14.1 Å². The molecule has 182 valence electrons. The van der Waals surface area contributed by atoms with Crippen molar-refractivity contribution >= 4 is 45.2 Å². The quantitative estimate of drug-likeness (QED) is 0.546. The summed E-state index contributed by atoms with van der Waals surface area (Å²) in [5, 5.41) is 2.48. The molecule has 0 saturated carbocycles. The molecule has 2 aromatic rings. The number of methoxy groups -OCH3 is 2. The van der Waals surface area contributed by atoms with Crippen LogP contribution in [0.3, 0.4) is 0 Å². The van der Waals surface area contributed by atoms with Gasteiger partial charge in [0.1, 0.15) is 6.54 Å². The number of esters is 2. The lowest BCUT2D eigenvalue weighted by Gasteiger charge is -2.22. The summed E-state index contributed by atoms with van der Waals surface area (Å²) in [5.74, 6) is -2.49. The van der Waals surface area contributed by atoms with E-state index in [9.17, 15) is 27.6 Å². The molecule has 12 heteroatoms. The van der Waals surface area contributed by atoms with Crippen LogP contribution in [0.15, 0.2) is 42.5 Å². The number of benzene rings is 2. The summed E-state index contributed by atoms with van der Waals surface area (Å²) >= 11 is 0. The van der Waals surface area contributed by atoms with Crippen molar-refractivity contribution in [3.63, 3.8) is 0 Å². The largest absolute Gasteiger partial charge is 0.465 e. The van der Waals surface area contributed by atoms with Gasteiger partial charge in [-0.3, -0.25) is 13.9 Å². The van der Waals surface area contributed by atoms with Crippen molar-refractivity contribution in [3.8, 4) is 0 Å². The lowest BCUT2D eigenvalue weighted by molar-refractivity contribution is -0.114. The monoisotopic (exact) mass is 491 g/mol. The molecule has 0 aliphatic heterocycles. The molecule has 2 amide bonds. The van der Waals surface area contributed by atoms with Crippen LogP contribution in [0.1, 0.15) is 31.1 Å². The van der Waals surface area contributed by atoms with Crippen LogP contribution in [-0.2, 0) is 24.3 Å². The average Bonchev–Trinajstić information content (AvgIpc) is 2.80. The maximum atomic E-state index is 12.7. The Labute approximate surface area is 197 Å². The topological polar surface area (TPSA) is 139 Å². The summed E-state index contributed by atoms with van der Waals surface area (Å²) in [6, 6.07) is 9.54. The van der Waals surface area contributed by atoms with Crippen molar-refractivity contribution in [1.29, 1.82) is 0 Å². The third-order valence-electron chi connectivity index (χ3n) is 4.55. The number of carbonyl (C=O) groups excluding carboxylic acids is 4. The normalized spacial score (nSPS) is 10.7. The van der Waals surface area contributed by atoms with Gasteiger partial charge in [-0.15, -0.1) is 0 Å². The Kier molecular flexibility index (Phi) is 8.36. The molecule has 0 aliphatic rings. The Morgan fingerprint density at radius 3 is 1.76 bits per heavy atom. The van der Waals surface area contributed by atoms with Gasteiger partial charge in [0, 0.05) is 25.3 Å². The summed E-state index contributed by atoms with van der Waals surface area (Å²) in [4.78, 5) is 50.0. The molecule has 0 heterocycles. The van der Waals surface area contributed by atoms with Crippen LogP contribution < -0.4 is 9.62 Å². The molecule has 0 atom stereocenters. The second-order valence-electron chi connectivity index (χ2n) is 7.35. The zero-order valence-corrected chi connectivity index (χ0v) is 20.1. The smallest absolute Gasteiger partial charge is 0.337 e. The fourth-order valence-corrected chi connectivity index (χ4v) is 3.79. The fraction of sp³-hybridized carbons (Fsp3) is 0.273. The molecule has 0 aliphatic carbocycles. The molecule has 34 heavy (non-hydrogen) atoms. The van der Waals surface area contributed by atoms with E-state index in [0.717, 1.165) is 24.8 Å². The first-order valence-electron chi connectivity index (χ1n) is 9.78. The Bertz CT molecular complexity index is 1170. The fourth-order valence-electron chi connectivity index (χ4n) is 2.93. The Morgan fingerprint density at radius 2 is 1.35 bits per heavy atom. The standard InChI is InChI=1S/C22H25N3O8S/c1-24(2)20(27)14-6-8-18(9-7-14)25(34(5,30)31)13-19(26)23-17-11-15(21(28)32-3)10-16(12-17)22(29)33-4/h6-12H,13H2,1-5H3,(H,23,26). The van der Waals surface area contributed by atoms with Crippen molar-refractivity contribution in [1.82, 2.24) is 4.90 Å². The highest BCUT2D eigenvalue weighted by molar-refractivity contribution is 7.92. The molecule has 1 N–H and O–H groups in total. The molecule has 11 nitrogen and oxygen atoms in total. The van der Waals surface area contributed by atoms with Crippen molar-refractivity contribution in [2.24, 2.45) is 0 Å². The van der Waals surface area contributed by atoms with Crippen LogP contribution in [0.5, 0.6) is 0 Å². The first kappa shape index (κ1) is 26.3. The molecule has 0 bridgehead atoms. The first-order valence-corrected chi connectivity index (χ1v) is 11.6. The SMILES string of the molecule is COC(=O)c1cc(NC(=O)CN(c2ccc(C(=O)N(C)C)cc2)S(C)(=O)=O)cc(C(=O)OC)c1. The summed E-state index contributed by atoms with van der Waals surface area (Å²) in [7, 11) is 1.62. The maximum Gasteiger partial charge on any atom is 0.337 e. The van der Waals surface area contributed by atoms with Crippen LogP contribution in [0.2, 0.25) is 0 Å². The third-order valence-corrected chi connectivity index (χ3v) is 5.70. The van der Waals surface area contributed by atoms with E-state index in [2.05, 4.69) is 14.8 Å². The summed E-state index contributed by atoms with van der Waals surface area (Å²) < 4.78 is 34.9. The molecular formula is C22H25N3O8S. The number of ether oxygens (including phenoxy) is 2. The summed E-state index contributed by atoms with van der Waals surface area (Å²) in [6.45, 7) is -0.601. The molecule has 0 saturated heterocycles. The first-order chi connectivity index (χ1) is 15.9. The minimum Gasteiger partial charge on any atom is -0.465 e. The Balaban J connectivity index is 2.32. The van der Waals surface area contributed by atoms with E-state index < -0.39 is 34.4 Å². The number of hydrogen-bond donors (Lipinski definition) is 1. The molecule has 0 aromatic heterocycles. The van der Waals surface area contributed by atoms with Gasteiger partial charge in [0.2, 0.25) is 15.9 Å². The van der Waals surface area contributed by atoms with Gasteiger partial charge in [-0.25, -0.2) is 18.0 Å². The van der Waals surface area contributed by atoms with Crippen LogP contribution in [0.4, 0.5) is 11.4 Å². The van der Waals surface area contributed by atoms with Gasteiger partial charge < -0.3 is 19.7 Å². The number of nitrogens with zero attached hydrogens (tertiary/aromatic N) is 2. The predicted molar refractivity (Wildman–Crippen MR) is 124 cm³/mol. The van der Waals surface area contributed by atoms with E-state index in [4.69, 9.17) is 0 Å². The minimum absolute atomic E-state index is 0.0122. The van der Waals surface area contributed by atoms with Crippen LogP contribution in [0.25, 0.3) is 0 Å². The zero-order valence-electron chi connectivity index (χ0n) is 19.3. The third kappa shape index (κ3) is 6.54. The molecule has 0 unspecified atom stereocenters. The van der Waals surface area contributed by atoms with Gasteiger partial charge >= 0.3 is 11.9 Å². The zero-order chi connectivity index (χ0) is 25.6. The van der Waals surface area contributed by atoms with Gasteiger partial charge in [-0.1, -0.05) is 0 Å². The molecular weight excluding hydrogens is 466 g/mol. The van der Waals surface area contributed by atoms with E-state index >= 15 is 0 Å². The van der Waals surface area contributed by atoms with Crippen LogP contribution >= 0.6 is 0 Å². The van der Waals surface area contributed by atoms with Crippen molar-refractivity contribution < 1.29 is 37.1 Å². The highest BCUT2D eigenvalue weighted by Gasteiger charge is 2.22. The molecule has 0 spiro atoms. The molecule has 2 aromatic carbocycles. The molecule has 0 radical (unpaired) electrons. The lowest BCUT2D eigenvalue weighted by atomic mass is 10.1. The minimum atomic E-state index is -3.88. The maximum absolute atomic E-state index is 12.7. The second-order valence-corrected chi connectivity index (χ2v) is 9.25. The van der Waals surface area contributed by atoms with Crippen LogP contribution in [0, 0.1) is 0 Å². The van der Waals surface area contributed by atoms with E-state index in [0.29, 0.717) is 5.56 Å². The van der Waals surface area contributed by atoms with E-state index in [1.807, 2.05) is 0 Å². The van der Waals surface area contributed by atoms with E-state index in [1.165, 1.54) is 47.4 Å².